The average molecular weight is 443 g/mol. The Bertz CT molecular complexity index is 824. The summed E-state index contributed by atoms with van der Waals surface area (Å²) in [6.45, 7) is 7.36. The summed E-state index contributed by atoms with van der Waals surface area (Å²) in [6, 6.07) is 6.52. The largest absolute Gasteiger partial charge is 0.344 e. The van der Waals surface area contributed by atoms with Crippen molar-refractivity contribution in [1.82, 2.24) is 15.5 Å². The molecule has 0 aliphatic carbocycles. The molecule has 2 aromatic rings. The van der Waals surface area contributed by atoms with Crippen LogP contribution in [0.25, 0.3) is 10.6 Å². The van der Waals surface area contributed by atoms with Gasteiger partial charge in [0.25, 0.3) is 0 Å². The smallest absolute Gasteiger partial charge is 0.249 e. The first-order valence-electron chi connectivity index (χ1n) is 8.95. The van der Waals surface area contributed by atoms with Crippen molar-refractivity contribution in [2.24, 2.45) is 11.3 Å². The average Bonchev–Trinajstić information content (AvgIpc) is 3.13. The molecule has 0 radical (unpaired) electrons. The quantitative estimate of drug-likeness (QED) is 0.585. The van der Waals surface area contributed by atoms with E-state index in [0.717, 1.165) is 12.0 Å². The Morgan fingerprint density at radius 3 is 2.43 bits per heavy atom. The van der Waals surface area contributed by atoms with Gasteiger partial charge in [-0.2, -0.15) is 0 Å². The first-order valence-corrected chi connectivity index (χ1v) is 10.7. The van der Waals surface area contributed by atoms with Gasteiger partial charge in [-0.05, 0) is 31.9 Å². The number of aromatic nitrogens is 2. The third kappa shape index (κ3) is 5.65. The predicted octanol–water partition coefficient (Wildman–Crippen LogP) is 4.59. The fraction of sp³-hybridized carbons (Fsp3) is 0.474. The Kier molecular flexibility index (Phi) is 7.80. The fourth-order valence-corrected chi connectivity index (χ4v) is 3.26. The first-order chi connectivity index (χ1) is 13.2. The predicted molar refractivity (Wildman–Crippen MR) is 115 cm³/mol. The van der Waals surface area contributed by atoms with Gasteiger partial charge in [0.1, 0.15) is 11.0 Å². The normalized spacial score (nSPS) is 13.6. The highest BCUT2D eigenvalue weighted by Crippen LogP contribution is 2.27. The highest BCUT2D eigenvalue weighted by molar-refractivity contribution is 7.18. The summed E-state index contributed by atoms with van der Waals surface area (Å²) in [5, 5.41) is 15.4. The summed E-state index contributed by atoms with van der Waals surface area (Å²) in [5.41, 5.74) is 0.0935. The number of amides is 2. The minimum Gasteiger partial charge on any atom is -0.344 e. The topological polar surface area (TPSA) is 84.0 Å². The molecule has 0 fully saturated rings. The number of nitrogens with zero attached hydrogens (tertiary/aromatic N) is 2. The van der Waals surface area contributed by atoms with Crippen LogP contribution in [0, 0.1) is 11.3 Å². The van der Waals surface area contributed by atoms with Gasteiger partial charge in [0.15, 0.2) is 0 Å². The number of carbonyl (C=O) groups excluding carboxylic acids is 2. The molecular formula is C19H24Cl2N4O2S. The van der Waals surface area contributed by atoms with Crippen molar-refractivity contribution >= 4 is 51.5 Å². The second kappa shape index (κ2) is 9.67. The minimum absolute atomic E-state index is 0.0567. The number of alkyl halides is 1. The van der Waals surface area contributed by atoms with Crippen molar-refractivity contribution in [2.45, 2.75) is 40.2 Å². The molecule has 1 heterocycles. The number of rotatable bonds is 8. The van der Waals surface area contributed by atoms with Crippen molar-refractivity contribution in [1.29, 1.82) is 0 Å². The molecule has 1 aromatic carbocycles. The monoisotopic (exact) mass is 442 g/mol. The van der Waals surface area contributed by atoms with Crippen molar-refractivity contribution in [3.63, 3.8) is 0 Å². The van der Waals surface area contributed by atoms with Gasteiger partial charge in [-0.25, -0.2) is 0 Å². The number of hydrogen-bond donors (Lipinski definition) is 2. The first kappa shape index (κ1) is 22.6. The van der Waals surface area contributed by atoms with Gasteiger partial charge in [0.05, 0.1) is 5.41 Å². The number of hydrogen-bond acceptors (Lipinski definition) is 5. The number of nitrogens with one attached hydrogen (secondary N) is 2. The summed E-state index contributed by atoms with van der Waals surface area (Å²) in [4.78, 5) is 25.3. The Balaban J connectivity index is 2.13. The zero-order valence-electron chi connectivity index (χ0n) is 16.3. The molecule has 0 saturated carbocycles. The Hall–Kier alpha value is -1.70. The van der Waals surface area contributed by atoms with Crippen LogP contribution < -0.4 is 10.6 Å². The van der Waals surface area contributed by atoms with E-state index in [1.165, 1.54) is 11.3 Å². The molecule has 2 atom stereocenters. The number of anilines is 1. The third-order valence-electron chi connectivity index (χ3n) is 4.48. The van der Waals surface area contributed by atoms with Gasteiger partial charge in [-0.15, -0.1) is 21.8 Å². The Morgan fingerprint density at radius 2 is 1.86 bits per heavy atom. The molecule has 2 N–H and O–H groups in total. The van der Waals surface area contributed by atoms with Gasteiger partial charge in [-0.1, -0.05) is 55.3 Å². The number of carbonyl (C=O) groups is 2. The van der Waals surface area contributed by atoms with Gasteiger partial charge >= 0.3 is 0 Å². The van der Waals surface area contributed by atoms with Crippen LogP contribution >= 0.6 is 34.5 Å². The van der Waals surface area contributed by atoms with E-state index in [1.807, 2.05) is 26.0 Å². The zero-order chi connectivity index (χ0) is 20.9. The van der Waals surface area contributed by atoms with Gasteiger partial charge in [0, 0.05) is 16.5 Å². The van der Waals surface area contributed by atoms with E-state index in [0.29, 0.717) is 15.2 Å². The SMILES string of the molecule is CCC(C)C(NC(=O)C(C)(C)CCl)C(=O)Nc1nnc(-c2ccc(Cl)cc2)s1. The maximum absolute atomic E-state index is 12.8. The van der Waals surface area contributed by atoms with Crippen molar-refractivity contribution in [3.8, 4) is 10.6 Å². The molecule has 2 unspecified atom stereocenters. The lowest BCUT2D eigenvalue weighted by molar-refractivity contribution is -0.132. The van der Waals surface area contributed by atoms with E-state index in [2.05, 4.69) is 20.8 Å². The molecule has 0 aliphatic heterocycles. The lowest BCUT2D eigenvalue weighted by Gasteiger charge is -2.28. The summed E-state index contributed by atoms with van der Waals surface area (Å²) in [6.07, 6.45) is 0.728. The van der Waals surface area contributed by atoms with E-state index in [9.17, 15) is 9.59 Å². The molecule has 6 nitrogen and oxygen atoms in total. The minimum atomic E-state index is -0.766. The molecule has 0 saturated heterocycles. The molecule has 28 heavy (non-hydrogen) atoms. The standard InChI is InChI=1S/C19H24Cl2N4O2S/c1-5-11(2)14(22-17(27)19(3,4)10-20)15(26)23-18-25-24-16(28-18)12-6-8-13(21)9-7-12/h6-9,11,14H,5,10H2,1-4H3,(H,22,27)(H,23,25,26). The lowest BCUT2D eigenvalue weighted by Crippen LogP contribution is -2.51. The van der Waals surface area contributed by atoms with Crippen molar-refractivity contribution < 1.29 is 9.59 Å². The van der Waals surface area contributed by atoms with Crippen LogP contribution in [0.4, 0.5) is 5.13 Å². The van der Waals surface area contributed by atoms with Gasteiger partial charge < -0.3 is 5.32 Å². The van der Waals surface area contributed by atoms with Crippen molar-refractivity contribution in [2.75, 3.05) is 11.2 Å². The third-order valence-corrected chi connectivity index (χ3v) is 6.29. The summed E-state index contributed by atoms with van der Waals surface area (Å²) >= 11 is 13.0. The molecule has 2 amide bonds. The fourth-order valence-electron chi connectivity index (χ4n) is 2.27. The molecule has 0 aliphatic rings. The van der Waals surface area contributed by atoms with E-state index in [-0.39, 0.29) is 23.6 Å². The second-order valence-electron chi connectivity index (χ2n) is 7.26. The maximum Gasteiger partial charge on any atom is 0.249 e. The van der Waals surface area contributed by atoms with E-state index < -0.39 is 11.5 Å². The van der Waals surface area contributed by atoms with Gasteiger partial charge in [0.2, 0.25) is 16.9 Å². The molecule has 0 bridgehead atoms. The summed E-state index contributed by atoms with van der Waals surface area (Å²) in [7, 11) is 0. The van der Waals surface area contributed by atoms with Crippen molar-refractivity contribution in [3.05, 3.63) is 29.3 Å². The summed E-state index contributed by atoms with van der Waals surface area (Å²) in [5.74, 6) is -0.484. The number of benzene rings is 1. The van der Waals surface area contributed by atoms with Crippen LogP contribution in [0.15, 0.2) is 24.3 Å². The van der Waals surface area contributed by atoms with Crippen LogP contribution in [0.5, 0.6) is 0 Å². The van der Waals surface area contributed by atoms with Crippen LogP contribution in [-0.2, 0) is 9.59 Å². The highest BCUT2D eigenvalue weighted by atomic mass is 35.5. The second-order valence-corrected chi connectivity index (χ2v) is 8.94. The lowest BCUT2D eigenvalue weighted by atomic mass is 9.92. The van der Waals surface area contributed by atoms with Crippen LogP contribution in [0.3, 0.4) is 0 Å². The molecule has 9 heteroatoms. The summed E-state index contributed by atoms with van der Waals surface area (Å²) < 4.78 is 0. The molecule has 2 rings (SSSR count). The Morgan fingerprint density at radius 1 is 1.21 bits per heavy atom. The van der Waals surface area contributed by atoms with Gasteiger partial charge in [-0.3, -0.25) is 14.9 Å². The van der Waals surface area contributed by atoms with E-state index >= 15 is 0 Å². The van der Waals surface area contributed by atoms with Crippen LogP contribution in [-0.4, -0.2) is 33.9 Å². The molecule has 152 valence electrons. The molecule has 1 aromatic heterocycles. The maximum atomic E-state index is 12.8. The van der Waals surface area contributed by atoms with Crippen LogP contribution in [0.2, 0.25) is 5.02 Å². The van der Waals surface area contributed by atoms with E-state index in [4.69, 9.17) is 23.2 Å². The number of halogens is 2. The Labute approximate surface area is 179 Å². The van der Waals surface area contributed by atoms with Crippen LogP contribution in [0.1, 0.15) is 34.1 Å². The van der Waals surface area contributed by atoms with E-state index in [1.54, 1.807) is 26.0 Å². The zero-order valence-corrected chi connectivity index (χ0v) is 18.6. The molecule has 0 spiro atoms. The molecular weight excluding hydrogens is 419 g/mol. The highest BCUT2D eigenvalue weighted by Gasteiger charge is 2.33.